The van der Waals surface area contributed by atoms with Crippen LogP contribution in [0.15, 0.2) is 30.5 Å². The summed E-state index contributed by atoms with van der Waals surface area (Å²) in [5.41, 5.74) is 12.3. The molecule has 0 aliphatic rings. The molecular weight excluding hydrogens is 248 g/mol. The first kappa shape index (κ1) is 12.8. The fourth-order valence-corrected chi connectivity index (χ4v) is 2.51. The highest BCUT2D eigenvalue weighted by Crippen LogP contribution is 2.26. The van der Waals surface area contributed by atoms with Crippen LogP contribution in [0.5, 0.6) is 0 Å². The molecule has 0 bridgehead atoms. The second kappa shape index (κ2) is 4.72. The summed E-state index contributed by atoms with van der Waals surface area (Å²) in [6.07, 6.45) is 1.85. The highest BCUT2D eigenvalue weighted by Gasteiger charge is 2.15. The van der Waals surface area contributed by atoms with Gasteiger partial charge in [0, 0.05) is 29.4 Å². The van der Waals surface area contributed by atoms with Crippen molar-refractivity contribution in [3.8, 4) is 5.69 Å². The number of hydrogen-bond donors (Lipinski definition) is 1. The van der Waals surface area contributed by atoms with Gasteiger partial charge in [-0.1, -0.05) is 18.2 Å². The number of benzene rings is 1. The number of para-hydroxylation sites is 1. The zero-order valence-electron chi connectivity index (χ0n) is 12.0. The lowest BCUT2D eigenvalue weighted by atomic mass is 10.1. The summed E-state index contributed by atoms with van der Waals surface area (Å²) in [6.45, 7) is 6.67. The van der Waals surface area contributed by atoms with E-state index in [0.29, 0.717) is 6.54 Å². The molecule has 3 aromatic rings. The zero-order valence-corrected chi connectivity index (χ0v) is 12.0. The number of nitrogens with zero attached hydrogens (tertiary/aromatic N) is 3. The Morgan fingerprint density at radius 2 is 1.90 bits per heavy atom. The maximum absolute atomic E-state index is 5.89. The molecule has 0 spiro atoms. The number of nitrogens with two attached hydrogens (primary N) is 1. The molecule has 2 N–H and O–H groups in total. The Balaban J connectivity index is 2.41. The smallest absolute Gasteiger partial charge is 0.0803 e. The Kier molecular flexibility index (Phi) is 3.03. The number of pyridine rings is 1. The van der Waals surface area contributed by atoms with Crippen molar-refractivity contribution in [1.29, 1.82) is 0 Å². The van der Waals surface area contributed by atoms with Crippen molar-refractivity contribution >= 4 is 10.9 Å². The van der Waals surface area contributed by atoms with Crippen molar-refractivity contribution in [2.45, 2.75) is 27.3 Å². The first-order valence-electron chi connectivity index (χ1n) is 6.73. The Bertz CT molecular complexity index is 787. The standard InChI is InChI=1S/C16H18N4/c1-10-11(2)19-20(12(10)3)16-13(8-17)9-18-15-7-5-4-6-14(15)16/h4-7,9H,8,17H2,1-3H3. The molecule has 0 aliphatic heterocycles. The fraction of sp³-hybridized carbons (Fsp3) is 0.250. The minimum absolute atomic E-state index is 0.449. The topological polar surface area (TPSA) is 56.7 Å². The van der Waals surface area contributed by atoms with Crippen molar-refractivity contribution in [2.24, 2.45) is 5.73 Å². The Morgan fingerprint density at radius 1 is 1.15 bits per heavy atom. The second-order valence-electron chi connectivity index (χ2n) is 5.06. The lowest BCUT2D eigenvalue weighted by Gasteiger charge is -2.13. The van der Waals surface area contributed by atoms with Crippen LogP contribution in [0.4, 0.5) is 0 Å². The summed E-state index contributed by atoms with van der Waals surface area (Å²) in [4.78, 5) is 4.48. The van der Waals surface area contributed by atoms with Crippen molar-refractivity contribution in [1.82, 2.24) is 14.8 Å². The van der Waals surface area contributed by atoms with Gasteiger partial charge in [0.2, 0.25) is 0 Å². The van der Waals surface area contributed by atoms with E-state index in [-0.39, 0.29) is 0 Å². The number of hydrogen-bond acceptors (Lipinski definition) is 3. The molecule has 0 atom stereocenters. The van der Waals surface area contributed by atoms with Gasteiger partial charge in [-0.05, 0) is 32.4 Å². The average Bonchev–Trinajstić information content (AvgIpc) is 2.73. The van der Waals surface area contributed by atoms with E-state index < -0.39 is 0 Å². The van der Waals surface area contributed by atoms with Crippen molar-refractivity contribution in [3.63, 3.8) is 0 Å². The molecule has 0 aliphatic carbocycles. The molecule has 0 unspecified atom stereocenters. The maximum Gasteiger partial charge on any atom is 0.0803 e. The van der Waals surface area contributed by atoms with E-state index in [9.17, 15) is 0 Å². The van der Waals surface area contributed by atoms with Crippen molar-refractivity contribution in [2.75, 3.05) is 0 Å². The average molecular weight is 266 g/mol. The van der Waals surface area contributed by atoms with Crippen molar-refractivity contribution in [3.05, 3.63) is 53.0 Å². The van der Waals surface area contributed by atoms with E-state index in [4.69, 9.17) is 5.73 Å². The molecule has 1 aromatic carbocycles. The van der Waals surface area contributed by atoms with Gasteiger partial charge in [-0.15, -0.1) is 0 Å². The number of rotatable bonds is 2. The van der Waals surface area contributed by atoms with Gasteiger partial charge in [-0.2, -0.15) is 5.10 Å². The van der Waals surface area contributed by atoms with Gasteiger partial charge in [-0.3, -0.25) is 4.98 Å². The highest BCUT2D eigenvalue weighted by atomic mass is 15.3. The molecular formula is C16H18N4. The molecule has 20 heavy (non-hydrogen) atoms. The quantitative estimate of drug-likeness (QED) is 0.776. The molecule has 2 aromatic heterocycles. The van der Waals surface area contributed by atoms with Gasteiger partial charge >= 0.3 is 0 Å². The maximum atomic E-state index is 5.89. The molecule has 3 rings (SSSR count). The van der Waals surface area contributed by atoms with Crippen LogP contribution in [-0.4, -0.2) is 14.8 Å². The monoisotopic (exact) mass is 266 g/mol. The number of aromatic nitrogens is 3. The van der Waals surface area contributed by atoms with Gasteiger partial charge in [0.15, 0.2) is 0 Å². The van der Waals surface area contributed by atoms with Crippen LogP contribution in [0.25, 0.3) is 16.6 Å². The summed E-state index contributed by atoms with van der Waals surface area (Å²) in [7, 11) is 0. The van der Waals surface area contributed by atoms with Gasteiger partial charge < -0.3 is 5.73 Å². The predicted octanol–water partition coefficient (Wildman–Crippen LogP) is 2.80. The Hall–Kier alpha value is -2.20. The van der Waals surface area contributed by atoms with Crippen molar-refractivity contribution < 1.29 is 0 Å². The predicted molar refractivity (Wildman–Crippen MR) is 81.0 cm³/mol. The summed E-state index contributed by atoms with van der Waals surface area (Å²) in [6, 6.07) is 8.10. The molecule has 0 saturated heterocycles. The van der Waals surface area contributed by atoms with E-state index in [2.05, 4.69) is 30.0 Å². The van der Waals surface area contributed by atoms with E-state index >= 15 is 0 Å². The third-order valence-electron chi connectivity index (χ3n) is 3.91. The summed E-state index contributed by atoms with van der Waals surface area (Å²) in [5.74, 6) is 0. The molecule has 0 saturated carbocycles. The molecule has 102 valence electrons. The first-order chi connectivity index (χ1) is 9.63. The summed E-state index contributed by atoms with van der Waals surface area (Å²) in [5, 5.41) is 5.76. The minimum atomic E-state index is 0.449. The van der Waals surface area contributed by atoms with Crippen LogP contribution >= 0.6 is 0 Å². The van der Waals surface area contributed by atoms with Gasteiger partial charge in [0.25, 0.3) is 0 Å². The summed E-state index contributed by atoms with van der Waals surface area (Å²) < 4.78 is 2.00. The second-order valence-corrected chi connectivity index (χ2v) is 5.06. The molecule has 4 nitrogen and oxygen atoms in total. The van der Waals surface area contributed by atoms with Crippen LogP contribution in [0, 0.1) is 20.8 Å². The Labute approximate surface area is 118 Å². The van der Waals surface area contributed by atoms with E-state index in [1.54, 1.807) is 0 Å². The molecule has 0 fully saturated rings. The molecule has 0 radical (unpaired) electrons. The SMILES string of the molecule is Cc1nn(-c2c(CN)cnc3ccccc23)c(C)c1C. The van der Waals surface area contributed by atoms with Crippen LogP contribution < -0.4 is 5.73 Å². The first-order valence-corrected chi connectivity index (χ1v) is 6.73. The fourth-order valence-electron chi connectivity index (χ4n) is 2.51. The molecule has 0 amide bonds. The van der Waals surface area contributed by atoms with Crippen LogP contribution in [-0.2, 0) is 6.54 Å². The normalized spacial score (nSPS) is 11.2. The van der Waals surface area contributed by atoms with Gasteiger partial charge in [-0.25, -0.2) is 4.68 Å². The highest BCUT2D eigenvalue weighted by molar-refractivity contribution is 5.88. The van der Waals surface area contributed by atoms with Crippen LogP contribution in [0.2, 0.25) is 0 Å². The third-order valence-corrected chi connectivity index (χ3v) is 3.91. The van der Waals surface area contributed by atoms with E-state index in [0.717, 1.165) is 33.5 Å². The minimum Gasteiger partial charge on any atom is -0.326 e. The third kappa shape index (κ3) is 1.80. The van der Waals surface area contributed by atoms with E-state index in [1.807, 2.05) is 36.0 Å². The van der Waals surface area contributed by atoms with Crippen LogP contribution in [0.1, 0.15) is 22.5 Å². The molecule has 2 heterocycles. The number of aryl methyl sites for hydroxylation is 1. The van der Waals surface area contributed by atoms with Crippen LogP contribution in [0.3, 0.4) is 0 Å². The number of fused-ring (bicyclic) bond motifs is 1. The van der Waals surface area contributed by atoms with Gasteiger partial charge in [0.1, 0.15) is 0 Å². The zero-order chi connectivity index (χ0) is 14.3. The lowest BCUT2D eigenvalue weighted by molar-refractivity contribution is 0.821. The Morgan fingerprint density at radius 3 is 2.55 bits per heavy atom. The largest absolute Gasteiger partial charge is 0.326 e. The molecule has 4 heteroatoms. The van der Waals surface area contributed by atoms with E-state index in [1.165, 1.54) is 5.56 Å². The lowest BCUT2D eigenvalue weighted by Crippen LogP contribution is -2.09. The summed E-state index contributed by atoms with van der Waals surface area (Å²) >= 11 is 0. The van der Waals surface area contributed by atoms with Gasteiger partial charge in [0.05, 0.1) is 16.9 Å².